The molecule has 0 atom stereocenters. The number of nitrogens with one attached hydrogen (secondary N) is 2. The van der Waals surface area contributed by atoms with Gasteiger partial charge < -0.3 is 5.32 Å². The van der Waals surface area contributed by atoms with Crippen LogP contribution in [0.2, 0.25) is 0 Å². The van der Waals surface area contributed by atoms with Gasteiger partial charge in [-0.2, -0.15) is 0 Å². The van der Waals surface area contributed by atoms with Gasteiger partial charge in [-0.15, -0.1) is 0 Å². The summed E-state index contributed by atoms with van der Waals surface area (Å²) in [7, 11) is 0. The van der Waals surface area contributed by atoms with E-state index in [0.29, 0.717) is 0 Å². The Morgan fingerprint density at radius 1 is 1.67 bits per heavy atom. The van der Waals surface area contributed by atoms with E-state index >= 15 is 0 Å². The highest BCUT2D eigenvalue weighted by Crippen LogP contribution is 1.75. The third kappa shape index (κ3) is 0.723. The molecule has 2 N–H and O–H groups in total. The van der Waals surface area contributed by atoms with E-state index in [9.17, 15) is 0 Å². The third-order valence-electron chi connectivity index (χ3n) is 0.577. The summed E-state index contributed by atoms with van der Waals surface area (Å²) in [4.78, 5) is 0. The second-order valence-corrected chi connectivity index (χ2v) is 1.04. The molecule has 0 unspecified atom stereocenters. The number of hydrogen-bond donors (Lipinski definition) is 2. The van der Waals surface area contributed by atoms with Gasteiger partial charge in [0.05, 0.1) is 13.2 Å². The van der Waals surface area contributed by atoms with Crippen molar-refractivity contribution in [2.75, 3.05) is 6.67 Å². The van der Waals surface area contributed by atoms with Gasteiger partial charge in [0.2, 0.25) is 0 Å². The molecule has 0 aromatic carbocycles. The summed E-state index contributed by atoms with van der Waals surface area (Å²) in [6.45, 7) is 3.59. The molecule has 2 nitrogen and oxygen atoms in total. The topological polar surface area (TPSA) is 24.1 Å². The highest BCUT2D eigenvalue weighted by Gasteiger charge is 1.83. The molecule has 32 valence electrons. The fraction of sp³-hybridized carbons (Fsp3) is 0.250. The monoisotopic (exact) mass is 82.1 g/mol. The van der Waals surface area contributed by atoms with Crippen LogP contribution in [0.25, 0.3) is 0 Å². The summed E-state index contributed by atoms with van der Waals surface area (Å²) >= 11 is 0. The Bertz CT molecular complexity index is 50.6. The van der Waals surface area contributed by atoms with E-state index in [1.165, 1.54) is 0 Å². The van der Waals surface area contributed by atoms with E-state index in [-0.39, 0.29) is 0 Å². The van der Waals surface area contributed by atoms with Crippen molar-refractivity contribution in [3.63, 3.8) is 0 Å². The highest BCUT2D eigenvalue weighted by atomic mass is 15.1. The van der Waals surface area contributed by atoms with E-state index in [1.807, 2.05) is 6.20 Å². The summed E-state index contributed by atoms with van der Waals surface area (Å²) in [6, 6.07) is 0. The van der Waals surface area contributed by atoms with Gasteiger partial charge >= 0.3 is 0 Å². The predicted molar refractivity (Wildman–Crippen MR) is 23.5 cm³/mol. The van der Waals surface area contributed by atoms with Gasteiger partial charge in [0, 0.05) is 0 Å². The molecule has 2 heteroatoms. The quantitative estimate of drug-likeness (QED) is 0.419. The van der Waals surface area contributed by atoms with Crippen LogP contribution in [0.15, 0.2) is 12.3 Å². The molecule has 0 aliphatic carbocycles. The van der Waals surface area contributed by atoms with Gasteiger partial charge in [0.1, 0.15) is 0 Å². The lowest BCUT2D eigenvalue weighted by molar-refractivity contribution is 0.718. The smallest absolute Gasteiger partial charge is 0.0883 e. The molecule has 0 saturated heterocycles. The van der Waals surface area contributed by atoms with Gasteiger partial charge in [-0.25, -0.2) is 0 Å². The van der Waals surface area contributed by atoms with Crippen molar-refractivity contribution >= 4 is 0 Å². The molecule has 1 aliphatic rings. The summed E-state index contributed by atoms with van der Waals surface area (Å²) in [5.74, 6) is 0. The zero-order valence-electron chi connectivity index (χ0n) is 3.36. The molecule has 0 amide bonds. The van der Waals surface area contributed by atoms with Crippen LogP contribution < -0.4 is 10.6 Å². The first-order valence-electron chi connectivity index (χ1n) is 1.87. The largest absolute Gasteiger partial charge is 0.379 e. The Balaban J connectivity index is 2.26. The first-order valence-corrected chi connectivity index (χ1v) is 1.87. The van der Waals surface area contributed by atoms with Crippen molar-refractivity contribution in [1.29, 1.82) is 0 Å². The molecule has 1 aliphatic heterocycles. The Hall–Kier alpha value is -0.500. The second-order valence-electron chi connectivity index (χ2n) is 1.04. The maximum atomic E-state index is 2.93. The molecule has 0 saturated carbocycles. The Morgan fingerprint density at radius 2 is 2.67 bits per heavy atom. The van der Waals surface area contributed by atoms with Gasteiger partial charge in [0.25, 0.3) is 0 Å². The lowest BCUT2D eigenvalue weighted by Crippen LogP contribution is -2.25. The average molecular weight is 82.1 g/mol. The van der Waals surface area contributed by atoms with Crippen LogP contribution in [0.4, 0.5) is 0 Å². The first kappa shape index (κ1) is 3.68. The molecule has 2 radical (unpaired) electrons. The van der Waals surface area contributed by atoms with Gasteiger partial charge in [0.15, 0.2) is 0 Å². The van der Waals surface area contributed by atoms with Crippen LogP contribution in [-0.4, -0.2) is 6.67 Å². The standard InChI is InChI=1S/C4H6N2/c1-2-5-4-6-3-1/h1-2,5-6H,4H2. The van der Waals surface area contributed by atoms with Crippen LogP contribution >= 0.6 is 0 Å². The molecular formula is C4H6N2. The van der Waals surface area contributed by atoms with Gasteiger partial charge in [-0.05, 0) is 12.3 Å². The van der Waals surface area contributed by atoms with Crippen LogP contribution in [0, 0.1) is 6.54 Å². The minimum absolute atomic E-state index is 0.802. The van der Waals surface area contributed by atoms with Crippen LogP contribution in [0.5, 0.6) is 0 Å². The van der Waals surface area contributed by atoms with E-state index in [1.54, 1.807) is 6.08 Å². The minimum Gasteiger partial charge on any atom is -0.379 e. The molecule has 0 bridgehead atoms. The SMILES string of the molecule is [C]1C=CNCN1. The third-order valence-corrected chi connectivity index (χ3v) is 0.577. The van der Waals surface area contributed by atoms with E-state index in [4.69, 9.17) is 0 Å². The zero-order chi connectivity index (χ0) is 4.24. The Kier molecular flexibility index (Phi) is 1.12. The van der Waals surface area contributed by atoms with Crippen molar-refractivity contribution in [1.82, 2.24) is 10.6 Å². The summed E-state index contributed by atoms with van der Waals surface area (Å²) in [6.07, 6.45) is 3.64. The number of rotatable bonds is 0. The Labute approximate surface area is 37.2 Å². The molecule has 6 heavy (non-hydrogen) atoms. The molecule has 0 aromatic rings. The molecule has 0 aromatic heterocycles. The van der Waals surface area contributed by atoms with Crippen molar-refractivity contribution < 1.29 is 0 Å². The van der Waals surface area contributed by atoms with Crippen molar-refractivity contribution in [2.45, 2.75) is 0 Å². The molecule has 1 heterocycles. The second kappa shape index (κ2) is 1.82. The van der Waals surface area contributed by atoms with Gasteiger partial charge in [-0.3, -0.25) is 5.32 Å². The van der Waals surface area contributed by atoms with Crippen molar-refractivity contribution in [3.05, 3.63) is 18.8 Å². The zero-order valence-corrected chi connectivity index (χ0v) is 3.36. The average Bonchev–Trinajstić information content (AvgIpc) is 1.72. The fourth-order valence-corrected chi connectivity index (χ4v) is 0.321. The minimum atomic E-state index is 0.802. The van der Waals surface area contributed by atoms with E-state index < -0.39 is 0 Å². The lowest BCUT2D eigenvalue weighted by Gasteiger charge is -2.03. The lowest BCUT2D eigenvalue weighted by atomic mass is 10.5. The van der Waals surface area contributed by atoms with Crippen LogP contribution in [0.3, 0.4) is 0 Å². The molecule has 0 spiro atoms. The maximum Gasteiger partial charge on any atom is 0.0883 e. The summed E-state index contributed by atoms with van der Waals surface area (Å²) in [5, 5.41) is 5.77. The van der Waals surface area contributed by atoms with E-state index in [2.05, 4.69) is 17.2 Å². The molecule has 0 fully saturated rings. The van der Waals surface area contributed by atoms with Gasteiger partial charge in [-0.1, -0.05) is 0 Å². The summed E-state index contributed by atoms with van der Waals surface area (Å²) < 4.78 is 0. The first-order chi connectivity index (χ1) is 3.00. The maximum absolute atomic E-state index is 2.93. The fourth-order valence-electron chi connectivity index (χ4n) is 0.321. The Morgan fingerprint density at radius 3 is 2.83 bits per heavy atom. The number of hydrogen-bond acceptors (Lipinski definition) is 2. The predicted octanol–water partition coefficient (Wildman–Crippen LogP) is -0.311. The molecular weight excluding hydrogens is 76.1 g/mol. The van der Waals surface area contributed by atoms with Crippen LogP contribution in [0.1, 0.15) is 0 Å². The highest BCUT2D eigenvalue weighted by molar-refractivity contribution is 4.94. The van der Waals surface area contributed by atoms with Crippen LogP contribution in [-0.2, 0) is 0 Å². The van der Waals surface area contributed by atoms with E-state index in [0.717, 1.165) is 6.67 Å². The van der Waals surface area contributed by atoms with Crippen molar-refractivity contribution in [2.24, 2.45) is 0 Å². The summed E-state index contributed by atoms with van der Waals surface area (Å²) in [5.41, 5.74) is 0. The molecule has 1 rings (SSSR count). The normalized spacial score (nSPS) is 20.0. The van der Waals surface area contributed by atoms with Crippen molar-refractivity contribution in [3.8, 4) is 0 Å².